The molecule has 5 nitrogen and oxygen atoms in total. The van der Waals surface area contributed by atoms with Crippen molar-refractivity contribution in [3.05, 3.63) is 66.0 Å². The van der Waals surface area contributed by atoms with Gasteiger partial charge in [-0.05, 0) is 12.1 Å². The number of nitrogens with zero attached hydrogens (tertiary/aromatic N) is 3. The number of rotatable bonds is 3. The molecule has 0 saturated carbocycles. The van der Waals surface area contributed by atoms with Gasteiger partial charge in [0.05, 0.1) is 5.69 Å². The number of aromatic nitrogens is 1. The minimum atomic E-state index is -0.411. The number of nitrogens with one attached hydrogen (secondary N) is 1. The molecule has 4 rings (SSSR count). The van der Waals surface area contributed by atoms with Crippen LogP contribution in [0.25, 0.3) is 0 Å². The number of aliphatic imine (C=N–C) groups is 1. The summed E-state index contributed by atoms with van der Waals surface area (Å²) in [5.41, 5.74) is 4.79. The minimum absolute atomic E-state index is 0.411. The van der Waals surface area contributed by atoms with E-state index in [2.05, 4.69) is 21.4 Å². The third kappa shape index (κ3) is 3.11. The van der Waals surface area contributed by atoms with Crippen LogP contribution in [-0.4, -0.2) is 34.5 Å². The lowest BCUT2D eigenvalue weighted by molar-refractivity contribution is -0.0902. The van der Waals surface area contributed by atoms with Gasteiger partial charge in [-0.15, -0.1) is 0 Å². The summed E-state index contributed by atoms with van der Waals surface area (Å²) in [5, 5.41) is 0. The topological polar surface area (TPSA) is 49.8 Å². The van der Waals surface area contributed by atoms with E-state index in [0.717, 1.165) is 49.6 Å². The molecular weight excluding hydrogens is 288 g/mol. The lowest BCUT2D eigenvalue weighted by Crippen LogP contribution is -2.44. The van der Waals surface area contributed by atoms with Gasteiger partial charge in [-0.3, -0.25) is 9.88 Å². The number of likely N-dealkylation sites (tertiary alicyclic amines) is 1. The van der Waals surface area contributed by atoms with Crippen molar-refractivity contribution in [2.75, 3.05) is 13.1 Å². The molecular formula is C18H20N4O. The first-order valence-corrected chi connectivity index (χ1v) is 8.05. The fourth-order valence-corrected chi connectivity index (χ4v) is 3.11. The molecule has 0 aliphatic carbocycles. The Hall–Kier alpha value is -2.24. The van der Waals surface area contributed by atoms with E-state index >= 15 is 0 Å². The fourth-order valence-electron chi connectivity index (χ4n) is 3.11. The van der Waals surface area contributed by atoms with E-state index in [1.54, 1.807) is 0 Å². The van der Waals surface area contributed by atoms with Crippen molar-refractivity contribution in [1.82, 2.24) is 15.4 Å². The van der Waals surface area contributed by atoms with Crippen LogP contribution in [0.3, 0.4) is 0 Å². The summed E-state index contributed by atoms with van der Waals surface area (Å²) in [4.78, 5) is 17.5. The number of piperidine rings is 1. The zero-order valence-corrected chi connectivity index (χ0v) is 13.0. The molecule has 23 heavy (non-hydrogen) atoms. The van der Waals surface area contributed by atoms with E-state index in [9.17, 15) is 0 Å². The Labute approximate surface area is 136 Å². The Balaban J connectivity index is 1.40. The maximum absolute atomic E-state index is 5.85. The van der Waals surface area contributed by atoms with Gasteiger partial charge >= 0.3 is 0 Å². The summed E-state index contributed by atoms with van der Waals surface area (Å²) in [6, 6.07) is 16.2. The molecule has 1 spiro atoms. The molecule has 1 aromatic carbocycles. The molecule has 1 saturated heterocycles. The van der Waals surface area contributed by atoms with Gasteiger partial charge in [-0.2, -0.15) is 0 Å². The number of hydrogen-bond acceptors (Lipinski definition) is 5. The molecule has 118 valence electrons. The molecule has 3 heterocycles. The average Bonchev–Trinajstić information content (AvgIpc) is 3.03. The van der Waals surface area contributed by atoms with E-state index in [1.165, 1.54) is 0 Å². The first-order valence-electron chi connectivity index (χ1n) is 8.05. The highest BCUT2D eigenvalue weighted by molar-refractivity contribution is 5.99. The third-order valence-electron chi connectivity index (χ3n) is 4.45. The van der Waals surface area contributed by atoms with Gasteiger partial charge < -0.3 is 0 Å². The van der Waals surface area contributed by atoms with E-state index < -0.39 is 5.72 Å². The Morgan fingerprint density at radius 3 is 2.57 bits per heavy atom. The van der Waals surface area contributed by atoms with Crippen molar-refractivity contribution in [2.24, 2.45) is 4.99 Å². The fraction of sp³-hybridized carbons (Fsp3) is 0.333. The highest BCUT2D eigenvalue weighted by Crippen LogP contribution is 2.31. The molecule has 0 radical (unpaired) electrons. The van der Waals surface area contributed by atoms with Gasteiger partial charge in [0.15, 0.2) is 11.6 Å². The van der Waals surface area contributed by atoms with Gasteiger partial charge in [0.25, 0.3) is 0 Å². The summed E-state index contributed by atoms with van der Waals surface area (Å²) in [5.74, 6) is 0.837. The molecule has 0 unspecified atom stereocenters. The van der Waals surface area contributed by atoms with E-state index in [1.807, 2.05) is 48.7 Å². The van der Waals surface area contributed by atoms with Gasteiger partial charge in [-0.25, -0.2) is 15.3 Å². The highest BCUT2D eigenvalue weighted by Gasteiger charge is 2.40. The van der Waals surface area contributed by atoms with Gasteiger partial charge in [0.1, 0.15) is 0 Å². The van der Waals surface area contributed by atoms with Crippen LogP contribution in [0.15, 0.2) is 59.7 Å². The molecule has 0 atom stereocenters. The average molecular weight is 308 g/mol. The largest absolute Gasteiger partial charge is 0.297 e. The smallest absolute Gasteiger partial charge is 0.190 e. The first kappa shape index (κ1) is 14.4. The van der Waals surface area contributed by atoms with Crippen LogP contribution in [-0.2, 0) is 11.4 Å². The summed E-state index contributed by atoms with van der Waals surface area (Å²) < 4.78 is 0. The Bertz CT molecular complexity index is 679. The second kappa shape index (κ2) is 6.10. The third-order valence-corrected chi connectivity index (χ3v) is 4.45. The molecule has 2 aromatic rings. The maximum atomic E-state index is 5.85. The number of amidine groups is 1. The summed E-state index contributed by atoms with van der Waals surface area (Å²) in [6.07, 6.45) is 3.63. The van der Waals surface area contributed by atoms with Crippen LogP contribution in [0.4, 0.5) is 0 Å². The zero-order valence-electron chi connectivity index (χ0n) is 13.0. The molecule has 2 aliphatic heterocycles. The summed E-state index contributed by atoms with van der Waals surface area (Å²) in [6.45, 7) is 2.81. The number of pyridine rings is 1. The van der Waals surface area contributed by atoms with E-state index in [-0.39, 0.29) is 0 Å². The summed E-state index contributed by atoms with van der Waals surface area (Å²) >= 11 is 0. The molecule has 5 heteroatoms. The van der Waals surface area contributed by atoms with Crippen LogP contribution in [0.2, 0.25) is 0 Å². The lowest BCUT2D eigenvalue weighted by Gasteiger charge is -2.35. The molecule has 1 fully saturated rings. The quantitative estimate of drug-likeness (QED) is 0.945. The van der Waals surface area contributed by atoms with Crippen LogP contribution >= 0.6 is 0 Å². The normalized spacial score (nSPS) is 20.3. The monoisotopic (exact) mass is 308 g/mol. The van der Waals surface area contributed by atoms with Crippen molar-refractivity contribution in [3.63, 3.8) is 0 Å². The molecule has 2 aliphatic rings. The Kier molecular flexibility index (Phi) is 3.81. The second-order valence-electron chi connectivity index (χ2n) is 6.07. The number of hydrogen-bond donors (Lipinski definition) is 1. The zero-order chi connectivity index (χ0) is 15.5. The van der Waals surface area contributed by atoms with Crippen molar-refractivity contribution < 1.29 is 4.84 Å². The van der Waals surface area contributed by atoms with Crippen LogP contribution in [0.1, 0.15) is 24.1 Å². The van der Waals surface area contributed by atoms with Crippen molar-refractivity contribution in [1.29, 1.82) is 0 Å². The SMILES string of the molecule is c1ccc(C2=NC3(CCN(Cc4ccccn4)CC3)ON2)cc1. The van der Waals surface area contributed by atoms with Gasteiger partial charge in [0.2, 0.25) is 0 Å². The van der Waals surface area contributed by atoms with E-state index in [4.69, 9.17) is 9.83 Å². The van der Waals surface area contributed by atoms with Gasteiger partial charge in [-0.1, -0.05) is 36.4 Å². The second-order valence-corrected chi connectivity index (χ2v) is 6.07. The van der Waals surface area contributed by atoms with Crippen LogP contribution in [0, 0.1) is 0 Å². The van der Waals surface area contributed by atoms with Crippen molar-refractivity contribution >= 4 is 5.84 Å². The Morgan fingerprint density at radius 1 is 1.04 bits per heavy atom. The molecule has 0 amide bonds. The first-order chi connectivity index (χ1) is 11.3. The standard InChI is InChI=1S/C18H20N4O/c1-2-6-15(7-3-1)17-20-18(23-21-17)9-12-22(13-10-18)14-16-8-4-5-11-19-16/h1-8,11H,9-10,12-14H2,(H,20,21). The van der Waals surface area contributed by atoms with Crippen molar-refractivity contribution in [2.45, 2.75) is 25.1 Å². The maximum Gasteiger partial charge on any atom is 0.190 e. The molecule has 1 N–H and O–H groups in total. The van der Waals surface area contributed by atoms with Crippen LogP contribution in [0.5, 0.6) is 0 Å². The number of benzene rings is 1. The van der Waals surface area contributed by atoms with E-state index in [0.29, 0.717) is 0 Å². The van der Waals surface area contributed by atoms with Crippen LogP contribution < -0.4 is 5.48 Å². The van der Waals surface area contributed by atoms with Crippen molar-refractivity contribution in [3.8, 4) is 0 Å². The van der Waals surface area contributed by atoms with Gasteiger partial charge in [0, 0.05) is 44.2 Å². The summed E-state index contributed by atoms with van der Waals surface area (Å²) in [7, 11) is 0. The lowest BCUT2D eigenvalue weighted by atomic mass is 10.0. The Morgan fingerprint density at radius 2 is 1.83 bits per heavy atom. The predicted octanol–water partition coefficient (Wildman–Crippen LogP) is 2.36. The predicted molar refractivity (Wildman–Crippen MR) is 88.7 cm³/mol. The highest BCUT2D eigenvalue weighted by atomic mass is 16.7. The molecule has 1 aromatic heterocycles. The number of hydroxylamine groups is 1. The minimum Gasteiger partial charge on any atom is -0.297 e. The molecule has 0 bridgehead atoms.